The fraction of sp³-hybridized carbons (Fsp3) is 0.625. The summed E-state index contributed by atoms with van der Waals surface area (Å²) in [6.07, 6.45) is 2.35. The van der Waals surface area contributed by atoms with E-state index in [-0.39, 0.29) is 0 Å². The van der Waals surface area contributed by atoms with Crippen LogP contribution in [0.2, 0.25) is 0 Å². The van der Waals surface area contributed by atoms with Crippen molar-refractivity contribution in [2.75, 3.05) is 27.7 Å². The zero-order valence-corrected chi connectivity index (χ0v) is 12.5. The van der Waals surface area contributed by atoms with Crippen molar-refractivity contribution in [2.24, 2.45) is 0 Å². The standard InChI is InChI=1S/C16H28N2/c1-6-13(2)14-7-9-15(10-8-14)16(18(4)5)11-12-17-3/h7-10,13,16-17H,6,11-12H2,1-5H3. The van der Waals surface area contributed by atoms with Crippen LogP contribution < -0.4 is 5.32 Å². The highest BCUT2D eigenvalue weighted by Gasteiger charge is 2.13. The minimum atomic E-state index is 0.503. The Morgan fingerprint density at radius 2 is 1.67 bits per heavy atom. The van der Waals surface area contributed by atoms with Crippen LogP contribution in [0.3, 0.4) is 0 Å². The quantitative estimate of drug-likeness (QED) is 0.795. The highest BCUT2D eigenvalue weighted by molar-refractivity contribution is 5.27. The highest BCUT2D eigenvalue weighted by Crippen LogP contribution is 2.25. The first-order valence-corrected chi connectivity index (χ1v) is 7.01. The van der Waals surface area contributed by atoms with Gasteiger partial charge in [0.2, 0.25) is 0 Å². The minimum Gasteiger partial charge on any atom is -0.320 e. The number of nitrogens with zero attached hydrogens (tertiary/aromatic N) is 1. The first-order valence-electron chi connectivity index (χ1n) is 7.01. The van der Waals surface area contributed by atoms with Crippen molar-refractivity contribution in [1.29, 1.82) is 0 Å². The van der Waals surface area contributed by atoms with Crippen LogP contribution >= 0.6 is 0 Å². The van der Waals surface area contributed by atoms with Gasteiger partial charge in [0.05, 0.1) is 0 Å². The fourth-order valence-corrected chi connectivity index (χ4v) is 2.29. The minimum absolute atomic E-state index is 0.503. The molecule has 0 saturated carbocycles. The third kappa shape index (κ3) is 4.11. The Morgan fingerprint density at radius 3 is 2.11 bits per heavy atom. The van der Waals surface area contributed by atoms with Crippen LogP contribution in [0.4, 0.5) is 0 Å². The molecule has 0 bridgehead atoms. The van der Waals surface area contributed by atoms with Gasteiger partial charge in [-0.05, 0) is 57.6 Å². The summed E-state index contributed by atoms with van der Waals surface area (Å²) in [5, 5.41) is 3.23. The molecule has 2 heteroatoms. The molecular weight excluding hydrogens is 220 g/mol. The van der Waals surface area contributed by atoms with Gasteiger partial charge in [-0.3, -0.25) is 0 Å². The first-order chi connectivity index (χ1) is 8.60. The molecule has 0 saturated heterocycles. The zero-order valence-electron chi connectivity index (χ0n) is 12.5. The maximum Gasteiger partial charge on any atom is 0.0354 e. The van der Waals surface area contributed by atoms with Gasteiger partial charge in [0.25, 0.3) is 0 Å². The van der Waals surface area contributed by atoms with E-state index in [0.717, 1.165) is 13.0 Å². The maximum atomic E-state index is 3.23. The molecule has 0 amide bonds. The van der Waals surface area contributed by atoms with Crippen molar-refractivity contribution in [3.05, 3.63) is 35.4 Å². The molecule has 0 heterocycles. The van der Waals surface area contributed by atoms with Crippen molar-refractivity contribution >= 4 is 0 Å². The molecule has 1 rings (SSSR count). The van der Waals surface area contributed by atoms with Gasteiger partial charge in [0.15, 0.2) is 0 Å². The van der Waals surface area contributed by atoms with E-state index in [1.807, 2.05) is 7.05 Å². The fourth-order valence-electron chi connectivity index (χ4n) is 2.29. The van der Waals surface area contributed by atoms with Crippen LogP contribution in [-0.4, -0.2) is 32.6 Å². The van der Waals surface area contributed by atoms with Crippen molar-refractivity contribution < 1.29 is 0 Å². The van der Waals surface area contributed by atoms with E-state index in [0.29, 0.717) is 12.0 Å². The molecule has 0 aliphatic rings. The first kappa shape index (κ1) is 15.2. The Balaban J connectivity index is 2.80. The Bertz CT molecular complexity index is 329. The molecule has 0 aliphatic carbocycles. The summed E-state index contributed by atoms with van der Waals surface area (Å²) in [5.74, 6) is 0.661. The Hall–Kier alpha value is -0.860. The van der Waals surface area contributed by atoms with Crippen LogP contribution in [0.25, 0.3) is 0 Å². The second-order valence-corrected chi connectivity index (χ2v) is 5.35. The van der Waals surface area contributed by atoms with Crippen LogP contribution in [0, 0.1) is 0 Å². The largest absolute Gasteiger partial charge is 0.320 e. The number of rotatable bonds is 7. The highest BCUT2D eigenvalue weighted by atomic mass is 15.1. The summed E-state index contributed by atoms with van der Waals surface area (Å²) in [6.45, 7) is 5.59. The van der Waals surface area contributed by atoms with E-state index in [4.69, 9.17) is 0 Å². The number of hydrogen-bond donors (Lipinski definition) is 1. The van der Waals surface area contributed by atoms with Crippen LogP contribution in [0.1, 0.15) is 49.8 Å². The molecular formula is C16H28N2. The second-order valence-electron chi connectivity index (χ2n) is 5.35. The predicted octanol–water partition coefficient (Wildman–Crippen LogP) is 3.41. The normalized spacial score (nSPS) is 14.8. The molecule has 2 nitrogen and oxygen atoms in total. The summed E-state index contributed by atoms with van der Waals surface area (Å²) in [4.78, 5) is 2.30. The average molecular weight is 248 g/mol. The molecule has 1 aromatic rings. The monoisotopic (exact) mass is 248 g/mol. The molecule has 2 unspecified atom stereocenters. The molecule has 0 aromatic heterocycles. The van der Waals surface area contributed by atoms with Crippen molar-refractivity contribution in [2.45, 2.75) is 38.6 Å². The van der Waals surface area contributed by atoms with Gasteiger partial charge >= 0.3 is 0 Å². The Morgan fingerprint density at radius 1 is 1.11 bits per heavy atom. The van der Waals surface area contributed by atoms with E-state index in [1.54, 1.807) is 0 Å². The topological polar surface area (TPSA) is 15.3 Å². The lowest BCUT2D eigenvalue weighted by molar-refractivity contribution is 0.283. The van der Waals surface area contributed by atoms with Crippen molar-refractivity contribution in [1.82, 2.24) is 10.2 Å². The molecule has 1 N–H and O–H groups in total. The molecule has 102 valence electrons. The van der Waals surface area contributed by atoms with Gasteiger partial charge in [-0.2, -0.15) is 0 Å². The van der Waals surface area contributed by atoms with Gasteiger partial charge in [-0.1, -0.05) is 38.1 Å². The molecule has 0 fully saturated rings. The lowest BCUT2D eigenvalue weighted by Gasteiger charge is -2.25. The van der Waals surface area contributed by atoms with Gasteiger partial charge < -0.3 is 10.2 Å². The summed E-state index contributed by atoms with van der Waals surface area (Å²) in [6, 6.07) is 9.67. The Kier molecular flexibility index (Phi) is 6.37. The van der Waals surface area contributed by atoms with Crippen LogP contribution in [0.15, 0.2) is 24.3 Å². The second kappa shape index (κ2) is 7.55. The smallest absolute Gasteiger partial charge is 0.0354 e. The van der Waals surface area contributed by atoms with E-state index in [2.05, 4.69) is 62.4 Å². The SMILES string of the molecule is CCC(C)c1ccc(C(CCNC)N(C)C)cc1. The lowest BCUT2D eigenvalue weighted by Crippen LogP contribution is -2.23. The molecule has 2 atom stereocenters. The van der Waals surface area contributed by atoms with E-state index in [9.17, 15) is 0 Å². The van der Waals surface area contributed by atoms with Crippen molar-refractivity contribution in [3.8, 4) is 0 Å². The zero-order chi connectivity index (χ0) is 13.5. The van der Waals surface area contributed by atoms with Gasteiger partial charge in [-0.25, -0.2) is 0 Å². The van der Waals surface area contributed by atoms with E-state index in [1.165, 1.54) is 17.5 Å². The molecule has 1 aromatic carbocycles. The maximum absolute atomic E-state index is 3.23. The summed E-state index contributed by atoms with van der Waals surface area (Å²) in [7, 11) is 6.32. The van der Waals surface area contributed by atoms with Gasteiger partial charge in [0, 0.05) is 6.04 Å². The summed E-state index contributed by atoms with van der Waals surface area (Å²) < 4.78 is 0. The number of benzene rings is 1. The molecule has 18 heavy (non-hydrogen) atoms. The number of nitrogens with one attached hydrogen (secondary N) is 1. The van der Waals surface area contributed by atoms with Gasteiger partial charge in [0.1, 0.15) is 0 Å². The molecule has 0 aliphatic heterocycles. The lowest BCUT2D eigenvalue weighted by atomic mass is 9.95. The summed E-state index contributed by atoms with van der Waals surface area (Å²) >= 11 is 0. The summed E-state index contributed by atoms with van der Waals surface area (Å²) in [5.41, 5.74) is 2.87. The van der Waals surface area contributed by atoms with Crippen LogP contribution in [0.5, 0.6) is 0 Å². The third-order valence-electron chi connectivity index (χ3n) is 3.79. The average Bonchev–Trinajstić information content (AvgIpc) is 2.38. The molecule has 0 spiro atoms. The third-order valence-corrected chi connectivity index (χ3v) is 3.79. The van der Waals surface area contributed by atoms with E-state index >= 15 is 0 Å². The van der Waals surface area contributed by atoms with Crippen LogP contribution in [-0.2, 0) is 0 Å². The molecule has 0 radical (unpaired) electrons. The van der Waals surface area contributed by atoms with Gasteiger partial charge in [-0.15, -0.1) is 0 Å². The van der Waals surface area contributed by atoms with E-state index < -0.39 is 0 Å². The predicted molar refractivity (Wildman–Crippen MR) is 80.1 cm³/mol. The Labute approximate surface area is 112 Å². The number of hydrogen-bond acceptors (Lipinski definition) is 2. The van der Waals surface area contributed by atoms with Crippen molar-refractivity contribution in [3.63, 3.8) is 0 Å².